The molecule has 15 heavy (non-hydrogen) atoms. The molecule has 1 saturated heterocycles. The van der Waals surface area contributed by atoms with Gasteiger partial charge in [0.1, 0.15) is 31.0 Å². The lowest BCUT2D eigenvalue weighted by Crippen LogP contribution is -2.59. The van der Waals surface area contributed by atoms with Crippen LogP contribution in [0.15, 0.2) is 0 Å². The lowest BCUT2D eigenvalue weighted by atomic mass is 9.99. The second kappa shape index (κ2) is 5.42. The Morgan fingerprint density at radius 3 is 2.40 bits per heavy atom. The fourth-order valence-electron chi connectivity index (χ4n) is 1.34. The Morgan fingerprint density at radius 1 is 1.20 bits per heavy atom. The third-order valence-corrected chi connectivity index (χ3v) is 2.18. The molecule has 86 valence electrons. The summed E-state index contributed by atoms with van der Waals surface area (Å²) < 4.78 is 9.91. The van der Waals surface area contributed by atoms with Crippen molar-refractivity contribution in [2.75, 3.05) is 13.2 Å². The molecule has 1 rings (SSSR count). The van der Waals surface area contributed by atoms with Gasteiger partial charge in [0.15, 0.2) is 6.29 Å². The highest BCUT2D eigenvalue weighted by Gasteiger charge is 2.43. The average Bonchev–Trinajstić information content (AvgIpc) is 2.25. The molecule has 2 unspecified atom stereocenters. The van der Waals surface area contributed by atoms with Crippen LogP contribution in [0.5, 0.6) is 0 Å². The van der Waals surface area contributed by atoms with Crippen LogP contribution in [0.4, 0.5) is 0 Å². The Labute approximate surface area is 87.1 Å². The summed E-state index contributed by atoms with van der Waals surface area (Å²) in [6, 6.07) is 0. The predicted molar refractivity (Wildman–Crippen MR) is 48.6 cm³/mol. The van der Waals surface area contributed by atoms with Crippen molar-refractivity contribution in [3.63, 3.8) is 0 Å². The third kappa shape index (κ3) is 2.66. The van der Waals surface area contributed by atoms with E-state index < -0.39 is 37.3 Å². The average molecular weight is 218 g/mol. The van der Waals surface area contributed by atoms with Gasteiger partial charge >= 0.3 is 0 Å². The van der Waals surface area contributed by atoms with E-state index in [0.29, 0.717) is 0 Å². The van der Waals surface area contributed by atoms with Gasteiger partial charge in [0.05, 0.1) is 6.61 Å². The van der Waals surface area contributed by atoms with Gasteiger partial charge in [0.25, 0.3) is 0 Å². The molecule has 0 aromatic rings. The molecule has 1 aliphatic heterocycles. The molecular formula is C9H14O6. The molecule has 6 nitrogen and oxygen atoms in total. The van der Waals surface area contributed by atoms with Crippen LogP contribution in [0, 0.1) is 12.3 Å². The first kappa shape index (κ1) is 12.4. The van der Waals surface area contributed by atoms with E-state index in [2.05, 4.69) is 5.92 Å². The van der Waals surface area contributed by atoms with Gasteiger partial charge in [-0.1, -0.05) is 5.92 Å². The summed E-state index contributed by atoms with van der Waals surface area (Å²) in [6.07, 6.45) is -1.36. The Bertz CT molecular complexity index is 235. The van der Waals surface area contributed by atoms with Crippen LogP contribution in [0.25, 0.3) is 0 Å². The van der Waals surface area contributed by atoms with E-state index in [1.807, 2.05) is 0 Å². The highest BCUT2D eigenvalue weighted by Crippen LogP contribution is 2.21. The first-order chi connectivity index (χ1) is 7.11. The maximum Gasteiger partial charge on any atom is 0.187 e. The van der Waals surface area contributed by atoms with Crippen LogP contribution in [0.1, 0.15) is 0 Å². The number of ether oxygens (including phenoxy) is 2. The monoisotopic (exact) mass is 218 g/mol. The highest BCUT2D eigenvalue weighted by molar-refractivity contribution is 4.90. The molecule has 1 heterocycles. The molecule has 6 heteroatoms. The molecule has 1 fully saturated rings. The van der Waals surface area contributed by atoms with Crippen molar-refractivity contribution in [3.8, 4) is 12.3 Å². The lowest BCUT2D eigenvalue weighted by Gasteiger charge is -2.39. The lowest BCUT2D eigenvalue weighted by molar-refractivity contribution is -0.298. The van der Waals surface area contributed by atoms with Crippen molar-refractivity contribution in [3.05, 3.63) is 0 Å². The maximum atomic E-state index is 9.44. The van der Waals surface area contributed by atoms with Crippen LogP contribution in [0.2, 0.25) is 0 Å². The summed E-state index contributed by atoms with van der Waals surface area (Å²) in [4.78, 5) is 0. The van der Waals surface area contributed by atoms with Crippen LogP contribution in [-0.4, -0.2) is 64.3 Å². The van der Waals surface area contributed by atoms with E-state index in [1.165, 1.54) is 0 Å². The van der Waals surface area contributed by atoms with Crippen LogP contribution < -0.4 is 0 Å². The quantitative estimate of drug-likeness (QED) is 0.389. The van der Waals surface area contributed by atoms with E-state index in [0.717, 1.165) is 0 Å². The topological polar surface area (TPSA) is 99.4 Å². The SMILES string of the molecule is C#CCO[C@@H]1OC(CO)[C@@H](O)[C@H](O)C1O. The summed E-state index contributed by atoms with van der Waals surface area (Å²) in [7, 11) is 0. The number of aliphatic hydroxyl groups excluding tert-OH is 4. The second-order valence-electron chi connectivity index (χ2n) is 3.21. The molecule has 1 aliphatic rings. The zero-order chi connectivity index (χ0) is 11.4. The summed E-state index contributed by atoms with van der Waals surface area (Å²) >= 11 is 0. The number of hydrogen-bond acceptors (Lipinski definition) is 6. The molecule has 0 bridgehead atoms. The van der Waals surface area contributed by atoms with Crippen LogP contribution in [-0.2, 0) is 9.47 Å². The van der Waals surface area contributed by atoms with Crippen molar-refractivity contribution < 1.29 is 29.9 Å². The standard InChI is InChI=1S/C9H14O6/c1-2-3-14-9-8(13)7(12)6(11)5(4-10)15-9/h1,5-13H,3-4H2/t5?,6-,7+,8?,9-/m1/s1. The zero-order valence-corrected chi connectivity index (χ0v) is 7.98. The molecule has 4 N–H and O–H groups in total. The Kier molecular flexibility index (Phi) is 4.47. The number of hydrogen-bond donors (Lipinski definition) is 4. The smallest absolute Gasteiger partial charge is 0.187 e. The highest BCUT2D eigenvalue weighted by atomic mass is 16.7. The number of aliphatic hydroxyl groups is 4. The van der Waals surface area contributed by atoms with Gasteiger partial charge in [0.2, 0.25) is 0 Å². The maximum absolute atomic E-state index is 9.44. The molecule has 0 aromatic heterocycles. The molecule has 0 radical (unpaired) electrons. The van der Waals surface area contributed by atoms with Crippen LogP contribution >= 0.6 is 0 Å². The first-order valence-corrected chi connectivity index (χ1v) is 4.47. The minimum absolute atomic E-state index is 0.0946. The fourth-order valence-corrected chi connectivity index (χ4v) is 1.34. The Balaban J connectivity index is 2.62. The van der Waals surface area contributed by atoms with Crippen molar-refractivity contribution in [1.29, 1.82) is 0 Å². The van der Waals surface area contributed by atoms with Gasteiger partial charge in [-0.25, -0.2) is 0 Å². The third-order valence-electron chi connectivity index (χ3n) is 2.18. The Hall–Kier alpha value is -0.680. The summed E-state index contributed by atoms with van der Waals surface area (Å²) in [5.41, 5.74) is 0. The minimum atomic E-state index is -1.43. The summed E-state index contributed by atoms with van der Waals surface area (Å²) in [5.74, 6) is 2.17. The van der Waals surface area contributed by atoms with Gasteiger partial charge in [-0.15, -0.1) is 6.42 Å². The fraction of sp³-hybridized carbons (Fsp3) is 0.778. The summed E-state index contributed by atoms with van der Waals surface area (Å²) in [5, 5.41) is 37.0. The molecule has 0 aromatic carbocycles. The van der Waals surface area contributed by atoms with Gasteiger partial charge < -0.3 is 29.9 Å². The van der Waals surface area contributed by atoms with Crippen molar-refractivity contribution in [2.24, 2.45) is 0 Å². The first-order valence-electron chi connectivity index (χ1n) is 4.47. The Morgan fingerprint density at radius 2 is 1.87 bits per heavy atom. The molecule has 0 saturated carbocycles. The molecule has 0 aliphatic carbocycles. The molecule has 0 amide bonds. The van der Waals surface area contributed by atoms with Gasteiger partial charge in [0, 0.05) is 0 Å². The number of terminal acetylenes is 1. The largest absolute Gasteiger partial charge is 0.394 e. The van der Waals surface area contributed by atoms with E-state index in [9.17, 15) is 15.3 Å². The van der Waals surface area contributed by atoms with E-state index in [4.69, 9.17) is 21.0 Å². The molecule has 5 atom stereocenters. The van der Waals surface area contributed by atoms with Crippen molar-refractivity contribution in [2.45, 2.75) is 30.7 Å². The van der Waals surface area contributed by atoms with Gasteiger partial charge in [-0.05, 0) is 0 Å². The normalized spacial score (nSPS) is 41.1. The summed E-state index contributed by atoms with van der Waals surface area (Å²) in [6.45, 7) is -0.580. The molecular weight excluding hydrogens is 204 g/mol. The van der Waals surface area contributed by atoms with Crippen molar-refractivity contribution in [1.82, 2.24) is 0 Å². The zero-order valence-electron chi connectivity index (χ0n) is 7.98. The van der Waals surface area contributed by atoms with Gasteiger partial charge in [-0.2, -0.15) is 0 Å². The van der Waals surface area contributed by atoms with E-state index >= 15 is 0 Å². The second-order valence-corrected chi connectivity index (χ2v) is 3.21. The van der Waals surface area contributed by atoms with Crippen molar-refractivity contribution >= 4 is 0 Å². The van der Waals surface area contributed by atoms with E-state index in [-0.39, 0.29) is 6.61 Å². The van der Waals surface area contributed by atoms with E-state index in [1.54, 1.807) is 0 Å². The number of rotatable bonds is 3. The van der Waals surface area contributed by atoms with Gasteiger partial charge in [-0.3, -0.25) is 0 Å². The minimum Gasteiger partial charge on any atom is -0.394 e. The predicted octanol–water partition coefficient (Wildman–Crippen LogP) is -2.56. The van der Waals surface area contributed by atoms with Crippen LogP contribution in [0.3, 0.4) is 0 Å². The molecule has 0 spiro atoms.